The molecule has 0 fully saturated rings. The average molecular weight is 331 g/mol. The van der Waals surface area contributed by atoms with Crippen molar-refractivity contribution in [3.8, 4) is 0 Å². The van der Waals surface area contributed by atoms with Gasteiger partial charge in [-0.1, -0.05) is 6.07 Å². The lowest BCUT2D eigenvalue weighted by molar-refractivity contribution is -0.116. The van der Waals surface area contributed by atoms with Crippen LogP contribution >= 0.6 is 11.3 Å². The maximum absolute atomic E-state index is 11.9. The second-order valence-electron chi connectivity index (χ2n) is 4.83. The number of carbonyl (C=O) groups excluding carboxylic acids is 3. The molecule has 0 aliphatic carbocycles. The van der Waals surface area contributed by atoms with Crippen LogP contribution in [0, 0.1) is 0 Å². The van der Waals surface area contributed by atoms with Crippen molar-refractivity contribution >= 4 is 40.4 Å². The Morgan fingerprint density at radius 2 is 1.83 bits per heavy atom. The quantitative estimate of drug-likeness (QED) is 0.760. The van der Waals surface area contributed by atoms with Gasteiger partial charge in [-0.15, -0.1) is 0 Å². The number of anilines is 2. The van der Waals surface area contributed by atoms with Gasteiger partial charge in [-0.2, -0.15) is 11.3 Å². The Balaban J connectivity index is 1.78. The van der Waals surface area contributed by atoms with E-state index >= 15 is 0 Å². The molecule has 0 aliphatic heterocycles. The maximum atomic E-state index is 11.9. The maximum Gasteiger partial charge on any atom is 0.252 e. The number of amides is 3. The fraction of sp³-hybridized carbons (Fsp3) is 0.188. The van der Waals surface area contributed by atoms with Crippen LogP contribution in [0.15, 0.2) is 41.1 Å². The summed E-state index contributed by atoms with van der Waals surface area (Å²) < 4.78 is 0. The molecule has 0 spiro atoms. The Labute approximate surface area is 137 Å². The Hall–Kier alpha value is -2.67. The molecule has 3 N–H and O–H groups in total. The largest absolute Gasteiger partial charge is 0.351 e. The summed E-state index contributed by atoms with van der Waals surface area (Å²) >= 11 is 1.44. The van der Waals surface area contributed by atoms with E-state index in [0.717, 1.165) is 0 Å². The molecular formula is C16H17N3O3S. The molecule has 0 unspecified atom stereocenters. The molecule has 6 nitrogen and oxygen atoms in total. The number of hydrogen-bond donors (Lipinski definition) is 3. The van der Waals surface area contributed by atoms with E-state index in [1.165, 1.54) is 18.3 Å². The van der Waals surface area contributed by atoms with Crippen LogP contribution < -0.4 is 16.0 Å². The minimum absolute atomic E-state index is 0.167. The van der Waals surface area contributed by atoms with Gasteiger partial charge in [-0.3, -0.25) is 14.4 Å². The van der Waals surface area contributed by atoms with Crippen LogP contribution in [0.1, 0.15) is 23.7 Å². The lowest BCUT2D eigenvalue weighted by Gasteiger charge is -2.08. The number of nitrogens with one attached hydrogen (secondary N) is 3. The first-order valence-corrected chi connectivity index (χ1v) is 7.97. The predicted molar refractivity (Wildman–Crippen MR) is 90.6 cm³/mol. The zero-order chi connectivity index (χ0) is 16.7. The van der Waals surface area contributed by atoms with Gasteiger partial charge in [0, 0.05) is 42.2 Å². The summed E-state index contributed by atoms with van der Waals surface area (Å²) in [5, 5.41) is 11.6. The molecule has 2 aromatic rings. The second kappa shape index (κ2) is 8.09. The van der Waals surface area contributed by atoms with E-state index in [2.05, 4.69) is 16.0 Å². The van der Waals surface area contributed by atoms with Crippen LogP contribution in [0.5, 0.6) is 0 Å². The highest BCUT2D eigenvalue weighted by Gasteiger charge is 2.07. The number of thiophene rings is 1. The minimum atomic E-state index is -0.212. The number of carbonyl (C=O) groups is 3. The predicted octanol–water partition coefficient (Wildman–Crippen LogP) is 2.47. The zero-order valence-corrected chi connectivity index (χ0v) is 13.4. The first-order valence-electron chi connectivity index (χ1n) is 7.02. The van der Waals surface area contributed by atoms with Crippen molar-refractivity contribution in [2.24, 2.45) is 0 Å². The van der Waals surface area contributed by atoms with Crippen molar-refractivity contribution in [3.05, 3.63) is 46.7 Å². The van der Waals surface area contributed by atoms with Gasteiger partial charge in [0.2, 0.25) is 11.8 Å². The van der Waals surface area contributed by atoms with Gasteiger partial charge in [0.25, 0.3) is 5.91 Å². The second-order valence-corrected chi connectivity index (χ2v) is 5.61. The Morgan fingerprint density at radius 1 is 1.09 bits per heavy atom. The van der Waals surface area contributed by atoms with Crippen LogP contribution in [-0.2, 0) is 9.59 Å². The fourth-order valence-electron chi connectivity index (χ4n) is 1.89. The van der Waals surface area contributed by atoms with Crippen molar-refractivity contribution in [3.63, 3.8) is 0 Å². The molecule has 23 heavy (non-hydrogen) atoms. The minimum Gasteiger partial charge on any atom is -0.351 e. The number of rotatable bonds is 6. The molecule has 0 atom stereocenters. The number of hydrogen-bond acceptors (Lipinski definition) is 4. The third-order valence-corrected chi connectivity index (χ3v) is 3.57. The van der Waals surface area contributed by atoms with Crippen molar-refractivity contribution in [1.29, 1.82) is 0 Å². The van der Waals surface area contributed by atoms with Crippen LogP contribution in [0.2, 0.25) is 0 Å². The van der Waals surface area contributed by atoms with Crippen LogP contribution in [0.4, 0.5) is 11.4 Å². The molecule has 1 heterocycles. The molecule has 120 valence electrons. The molecular weight excluding hydrogens is 314 g/mol. The van der Waals surface area contributed by atoms with Crippen molar-refractivity contribution in [2.75, 3.05) is 17.2 Å². The third-order valence-electron chi connectivity index (χ3n) is 2.89. The van der Waals surface area contributed by atoms with E-state index < -0.39 is 0 Å². The molecule has 1 aromatic heterocycles. The molecule has 0 saturated carbocycles. The summed E-state index contributed by atoms with van der Waals surface area (Å²) in [6.07, 6.45) is 0.167. The summed E-state index contributed by atoms with van der Waals surface area (Å²) in [4.78, 5) is 34.6. The topological polar surface area (TPSA) is 87.3 Å². The first kappa shape index (κ1) is 16.7. The smallest absolute Gasteiger partial charge is 0.252 e. The molecule has 2 rings (SSSR count). The monoisotopic (exact) mass is 331 g/mol. The normalized spacial score (nSPS) is 9.96. The van der Waals surface area contributed by atoms with E-state index in [0.29, 0.717) is 16.9 Å². The standard InChI is InChI=1S/C16H17N3O3S/c1-11(20)18-13-3-2-4-14(9-13)19-15(21)5-7-17-16(22)12-6-8-23-10-12/h2-4,6,8-10H,5,7H2,1H3,(H,17,22)(H,18,20)(H,19,21). The SMILES string of the molecule is CC(=O)Nc1cccc(NC(=O)CCNC(=O)c2ccsc2)c1. The van der Waals surface area contributed by atoms with Crippen LogP contribution in [-0.4, -0.2) is 24.3 Å². The van der Waals surface area contributed by atoms with Gasteiger partial charge in [0.1, 0.15) is 0 Å². The summed E-state index contributed by atoms with van der Waals surface area (Å²) in [6, 6.07) is 8.60. The van der Waals surface area contributed by atoms with Gasteiger partial charge in [-0.25, -0.2) is 0 Å². The lowest BCUT2D eigenvalue weighted by atomic mass is 10.2. The van der Waals surface area contributed by atoms with Crippen LogP contribution in [0.3, 0.4) is 0 Å². The van der Waals surface area contributed by atoms with Crippen molar-refractivity contribution < 1.29 is 14.4 Å². The number of benzene rings is 1. The van der Waals surface area contributed by atoms with Crippen LogP contribution in [0.25, 0.3) is 0 Å². The Morgan fingerprint density at radius 3 is 2.48 bits per heavy atom. The molecule has 0 aliphatic rings. The van der Waals surface area contributed by atoms with Gasteiger partial charge in [-0.05, 0) is 29.6 Å². The molecule has 1 aromatic carbocycles. The summed E-state index contributed by atoms with van der Waals surface area (Å²) in [5.74, 6) is -0.577. The molecule has 0 saturated heterocycles. The Kier molecular flexibility index (Phi) is 5.87. The van der Waals surface area contributed by atoms with E-state index in [4.69, 9.17) is 0 Å². The fourth-order valence-corrected chi connectivity index (χ4v) is 2.52. The zero-order valence-electron chi connectivity index (χ0n) is 12.6. The van der Waals surface area contributed by atoms with E-state index in [1.54, 1.807) is 35.7 Å². The highest BCUT2D eigenvalue weighted by molar-refractivity contribution is 7.08. The van der Waals surface area contributed by atoms with Gasteiger partial charge >= 0.3 is 0 Å². The Bertz CT molecular complexity index is 698. The molecule has 0 bridgehead atoms. The van der Waals surface area contributed by atoms with E-state index in [-0.39, 0.29) is 30.7 Å². The summed E-state index contributed by atoms with van der Waals surface area (Å²) in [7, 11) is 0. The van der Waals surface area contributed by atoms with E-state index in [9.17, 15) is 14.4 Å². The van der Waals surface area contributed by atoms with Gasteiger partial charge < -0.3 is 16.0 Å². The van der Waals surface area contributed by atoms with E-state index in [1.807, 2.05) is 5.38 Å². The average Bonchev–Trinajstić information content (AvgIpc) is 3.01. The lowest BCUT2D eigenvalue weighted by Crippen LogP contribution is -2.27. The molecule has 7 heteroatoms. The van der Waals surface area contributed by atoms with Crippen molar-refractivity contribution in [1.82, 2.24) is 5.32 Å². The highest BCUT2D eigenvalue weighted by atomic mass is 32.1. The van der Waals surface area contributed by atoms with Gasteiger partial charge in [0.15, 0.2) is 0 Å². The summed E-state index contributed by atoms with van der Waals surface area (Å²) in [5.41, 5.74) is 1.80. The van der Waals surface area contributed by atoms with Gasteiger partial charge in [0.05, 0.1) is 0 Å². The molecule has 0 radical (unpaired) electrons. The first-order chi connectivity index (χ1) is 11.0. The molecule has 3 amide bonds. The third kappa shape index (κ3) is 5.55. The van der Waals surface area contributed by atoms with Crippen molar-refractivity contribution in [2.45, 2.75) is 13.3 Å². The summed E-state index contributed by atoms with van der Waals surface area (Å²) in [6.45, 7) is 1.67. The highest BCUT2D eigenvalue weighted by Crippen LogP contribution is 2.15.